The Hall–Kier alpha value is -3.18. The van der Waals surface area contributed by atoms with E-state index in [0.717, 1.165) is 32.9 Å². The Labute approximate surface area is 172 Å². The van der Waals surface area contributed by atoms with E-state index in [1.807, 2.05) is 30.3 Å². The fraction of sp³-hybridized carbons (Fsp3) is 0.167. The van der Waals surface area contributed by atoms with Crippen LogP contribution in [0.4, 0.5) is 0 Å². The molecule has 29 heavy (non-hydrogen) atoms. The van der Waals surface area contributed by atoms with E-state index in [0.29, 0.717) is 4.53 Å². The summed E-state index contributed by atoms with van der Waals surface area (Å²) in [6, 6.07) is 16.3. The highest BCUT2D eigenvalue weighted by Crippen LogP contribution is 2.26. The molecule has 0 atom stereocenters. The predicted octanol–water partition coefficient (Wildman–Crippen LogP) is 4.48. The summed E-state index contributed by atoms with van der Waals surface area (Å²) in [4.78, 5) is 18.4. The SMILES string of the molecule is Cc1cccc(C)c1-n1c(C)cc(C=c2sc3nc4ccccc4n3c2=O)c1C. The summed E-state index contributed by atoms with van der Waals surface area (Å²) in [7, 11) is 0. The molecule has 0 saturated heterocycles. The van der Waals surface area contributed by atoms with Gasteiger partial charge in [0, 0.05) is 11.4 Å². The van der Waals surface area contributed by atoms with Crippen molar-refractivity contribution in [1.82, 2.24) is 14.0 Å². The molecule has 0 N–H and O–H groups in total. The Morgan fingerprint density at radius 1 is 0.966 bits per heavy atom. The first-order chi connectivity index (χ1) is 14.0. The molecule has 0 fully saturated rings. The monoisotopic (exact) mass is 399 g/mol. The maximum Gasteiger partial charge on any atom is 0.274 e. The van der Waals surface area contributed by atoms with Crippen LogP contribution < -0.4 is 10.1 Å². The fourth-order valence-corrected chi connectivity index (χ4v) is 5.17. The zero-order valence-corrected chi connectivity index (χ0v) is 17.7. The molecule has 5 rings (SSSR count). The Balaban J connectivity index is 1.73. The van der Waals surface area contributed by atoms with Crippen LogP contribution in [0.25, 0.3) is 27.8 Å². The number of aromatic nitrogens is 3. The first-order valence-corrected chi connectivity index (χ1v) is 10.4. The van der Waals surface area contributed by atoms with Gasteiger partial charge in [0.05, 0.1) is 21.3 Å². The minimum atomic E-state index is -0.00410. The lowest BCUT2D eigenvalue weighted by molar-refractivity contribution is 0.943. The van der Waals surface area contributed by atoms with Crippen molar-refractivity contribution in [3.8, 4) is 5.69 Å². The van der Waals surface area contributed by atoms with Gasteiger partial charge in [0.2, 0.25) is 0 Å². The molecule has 0 unspecified atom stereocenters. The number of hydrogen-bond donors (Lipinski definition) is 0. The molecule has 0 aliphatic carbocycles. The standard InChI is InChI=1S/C24H21N3OS/c1-14-8-7-9-15(2)22(14)26-16(3)12-18(17(26)4)13-21-23(28)27-20-11-6-5-10-19(20)25-24(27)29-21/h5-13H,1-4H3. The molecule has 5 heteroatoms. The Morgan fingerprint density at radius 3 is 2.45 bits per heavy atom. The third kappa shape index (κ3) is 2.65. The smallest absolute Gasteiger partial charge is 0.274 e. The molecule has 144 valence electrons. The van der Waals surface area contributed by atoms with Crippen molar-refractivity contribution in [3.63, 3.8) is 0 Å². The van der Waals surface area contributed by atoms with Gasteiger partial charge in [-0.05, 0) is 68.7 Å². The highest BCUT2D eigenvalue weighted by atomic mass is 32.1. The van der Waals surface area contributed by atoms with Gasteiger partial charge < -0.3 is 4.57 Å². The molecule has 2 aromatic carbocycles. The summed E-state index contributed by atoms with van der Waals surface area (Å²) in [6.45, 7) is 8.51. The average molecular weight is 400 g/mol. The van der Waals surface area contributed by atoms with Gasteiger partial charge in [-0.25, -0.2) is 9.38 Å². The number of para-hydroxylation sites is 3. The molecule has 0 spiro atoms. The molecule has 0 aliphatic rings. The van der Waals surface area contributed by atoms with Crippen molar-refractivity contribution in [1.29, 1.82) is 0 Å². The van der Waals surface area contributed by atoms with Crippen molar-refractivity contribution in [3.05, 3.63) is 91.5 Å². The molecule has 3 heterocycles. The maximum absolute atomic E-state index is 13.1. The molecule has 0 aliphatic heterocycles. The third-order valence-electron chi connectivity index (χ3n) is 5.57. The van der Waals surface area contributed by atoms with Gasteiger partial charge in [-0.2, -0.15) is 0 Å². The Morgan fingerprint density at radius 2 is 1.69 bits per heavy atom. The van der Waals surface area contributed by atoms with Gasteiger partial charge in [0.15, 0.2) is 4.96 Å². The summed E-state index contributed by atoms with van der Waals surface area (Å²) in [5, 5.41) is 0. The fourth-order valence-electron chi connectivity index (χ4n) is 4.19. The highest BCUT2D eigenvalue weighted by Gasteiger charge is 2.15. The van der Waals surface area contributed by atoms with E-state index in [1.165, 1.54) is 28.2 Å². The van der Waals surface area contributed by atoms with E-state index in [9.17, 15) is 4.79 Å². The van der Waals surface area contributed by atoms with Gasteiger partial charge in [0.25, 0.3) is 5.56 Å². The van der Waals surface area contributed by atoms with Crippen LogP contribution in [0, 0.1) is 27.7 Å². The van der Waals surface area contributed by atoms with E-state index in [2.05, 4.69) is 61.5 Å². The minimum absolute atomic E-state index is 0.00410. The third-order valence-corrected chi connectivity index (χ3v) is 6.53. The summed E-state index contributed by atoms with van der Waals surface area (Å²) < 4.78 is 4.71. The van der Waals surface area contributed by atoms with Gasteiger partial charge in [0.1, 0.15) is 0 Å². The van der Waals surface area contributed by atoms with Crippen molar-refractivity contribution < 1.29 is 0 Å². The molecule has 5 aromatic rings. The summed E-state index contributed by atoms with van der Waals surface area (Å²) in [6.07, 6.45) is 2.00. The largest absolute Gasteiger partial charge is 0.317 e. The lowest BCUT2D eigenvalue weighted by Crippen LogP contribution is -2.22. The second kappa shape index (κ2) is 6.42. The van der Waals surface area contributed by atoms with E-state index >= 15 is 0 Å². The van der Waals surface area contributed by atoms with Crippen molar-refractivity contribution >= 4 is 33.4 Å². The van der Waals surface area contributed by atoms with E-state index < -0.39 is 0 Å². The maximum atomic E-state index is 13.1. The minimum Gasteiger partial charge on any atom is -0.317 e. The molecule has 4 nitrogen and oxygen atoms in total. The van der Waals surface area contributed by atoms with Crippen molar-refractivity contribution in [2.75, 3.05) is 0 Å². The number of fused-ring (bicyclic) bond motifs is 3. The van der Waals surface area contributed by atoms with Crippen LogP contribution in [0.5, 0.6) is 0 Å². The predicted molar refractivity (Wildman–Crippen MR) is 120 cm³/mol. The van der Waals surface area contributed by atoms with Crippen LogP contribution in [0.3, 0.4) is 0 Å². The van der Waals surface area contributed by atoms with Gasteiger partial charge in [-0.15, -0.1) is 0 Å². The van der Waals surface area contributed by atoms with Crippen LogP contribution in [-0.4, -0.2) is 14.0 Å². The van der Waals surface area contributed by atoms with Crippen LogP contribution >= 0.6 is 11.3 Å². The van der Waals surface area contributed by atoms with E-state index in [-0.39, 0.29) is 5.56 Å². The second-order valence-electron chi connectivity index (χ2n) is 7.54. The molecule has 0 radical (unpaired) electrons. The lowest BCUT2D eigenvalue weighted by Gasteiger charge is -2.15. The summed E-state index contributed by atoms with van der Waals surface area (Å²) in [5.41, 5.74) is 8.77. The molecular formula is C24H21N3OS. The molecule has 0 bridgehead atoms. The van der Waals surface area contributed by atoms with E-state index in [4.69, 9.17) is 0 Å². The van der Waals surface area contributed by atoms with Crippen molar-refractivity contribution in [2.45, 2.75) is 27.7 Å². The highest BCUT2D eigenvalue weighted by molar-refractivity contribution is 7.15. The number of rotatable bonds is 2. The van der Waals surface area contributed by atoms with Crippen LogP contribution in [0.1, 0.15) is 28.1 Å². The van der Waals surface area contributed by atoms with Crippen LogP contribution in [-0.2, 0) is 0 Å². The average Bonchev–Trinajstić information content (AvgIpc) is 3.28. The molecular weight excluding hydrogens is 378 g/mol. The van der Waals surface area contributed by atoms with Gasteiger partial charge in [-0.3, -0.25) is 4.79 Å². The summed E-state index contributed by atoms with van der Waals surface area (Å²) in [5.74, 6) is 0. The molecule has 0 amide bonds. The number of imidazole rings is 1. The molecule has 0 saturated carbocycles. The van der Waals surface area contributed by atoms with Crippen LogP contribution in [0.15, 0.2) is 53.3 Å². The Bertz CT molecular complexity index is 1500. The number of nitrogens with zero attached hydrogens (tertiary/aromatic N) is 3. The number of benzene rings is 2. The van der Waals surface area contributed by atoms with Gasteiger partial charge >= 0.3 is 0 Å². The zero-order valence-electron chi connectivity index (χ0n) is 16.9. The normalized spacial score (nSPS) is 12.5. The Kier molecular flexibility index (Phi) is 3.96. The zero-order chi connectivity index (χ0) is 20.3. The van der Waals surface area contributed by atoms with Gasteiger partial charge in [-0.1, -0.05) is 41.7 Å². The number of thiazole rings is 1. The molecule has 3 aromatic heterocycles. The lowest BCUT2D eigenvalue weighted by atomic mass is 10.1. The summed E-state index contributed by atoms with van der Waals surface area (Å²) >= 11 is 1.44. The quantitative estimate of drug-likeness (QED) is 0.439. The van der Waals surface area contributed by atoms with Crippen molar-refractivity contribution in [2.24, 2.45) is 0 Å². The van der Waals surface area contributed by atoms with Crippen LogP contribution in [0.2, 0.25) is 0 Å². The number of hydrogen-bond acceptors (Lipinski definition) is 3. The second-order valence-corrected chi connectivity index (χ2v) is 8.55. The first kappa shape index (κ1) is 17.9. The number of aryl methyl sites for hydroxylation is 3. The first-order valence-electron chi connectivity index (χ1n) is 9.63. The van der Waals surface area contributed by atoms with E-state index in [1.54, 1.807) is 4.40 Å². The topological polar surface area (TPSA) is 39.3 Å².